The predicted molar refractivity (Wildman–Crippen MR) is 142 cm³/mol. The lowest BCUT2D eigenvalue weighted by molar-refractivity contribution is 0.00578. The summed E-state index contributed by atoms with van der Waals surface area (Å²) in [4.78, 5) is 2.22. The lowest BCUT2D eigenvalue weighted by Gasteiger charge is -2.38. The monoisotopic (exact) mass is 496 g/mol. The summed E-state index contributed by atoms with van der Waals surface area (Å²) in [6.45, 7) is 18.6. The third kappa shape index (κ3) is 3.89. The van der Waals surface area contributed by atoms with Gasteiger partial charge >= 0.3 is 14.6 Å². The zero-order chi connectivity index (χ0) is 23.2. The van der Waals surface area contributed by atoms with Crippen LogP contribution in [0.2, 0.25) is 0 Å². The molecular formula is C21H32B2O4P2S2. The molecule has 2 aromatic rings. The van der Waals surface area contributed by atoms with Crippen LogP contribution < -0.4 is 20.2 Å². The fourth-order valence-corrected chi connectivity index (χ4v) is 9.42. The molecule has 0 saturated carbocycles. The van der Waals surface area contributed by atoms with Crippen molar-refractivity contribution in [1.82, 2.24) is 0 Å². The number of thiophene rings is 2. The van der Waals surface area contributed by atoms with E-state index in [4.69, 9.17) is 14.0 Å². The first-order valence-electron chi connectivity index (χ1n) is 10.6. The van der Waals surface area contributed by atoms with Crippen LogP contribution in [0.5, 0.6) is 0 Å². The Morgan fingerprint density at radius 3 is 2.10 bits per heavy atom. The van der Waals surface area contributed by atoms with Crippen LogP contribution in [-0.2, 0) is 18.5 Å². The lowest BCUT2D eigenvalue weighted by Crippen LogP contribution is -2.45. The fourth-order valence-electron chi connectivity index (χ4n) is 3.50. The van der Waals surface area contributed by atoms with Crippen LogP contribution in [0.15, 0.2) is 12.1 Å². The van der Waals surface area contributed by atoms with Crippen LogP contribution in [0.1, 0.15) is 55.4 Å². The molecule has 0 aromatic carbocycles. The number of hydrogen-bond donors (Lipinski definition) is 0. The van der Waals surface area contributed by atoms with Gasteiger partial charge in [-0.15, -0.1) is 31.9 Å². The molecule has 0 radical (unpaired) electrons. The molecule has 4 nitrogen and oxygen atoms in total. The molecule has 0 bridgehead atoms. The van der Waals surface area contributed by atoms with Gasteiger partial charge in [0.05, 0.1) is 26.6 Å². The van der Waals surface area contributed by atoms with Gasteiger partial charge in [0.15, 0.2) is 0 Å². The maximum absolute atomic E-state index is 13.8. The van der Waals surface area contributed by atoms with Gasteiger partial charge in [-0.25, -0.2) is 0 Å². The SMILES string of the molecule is CC(C)(P)C(C)(C)OBc1cc2c(s1)-c1sc(B3OC(C)(C)C(C)(C)O3)cc1P2(C)=O. The molecule has 1 saturated heterocycles. The van der Waals surface area contributed by atoms with Crippen LogP contribution in [0.4, 0.5) is 0 Å². The van der Waals surface area contributed by atoms with Crippen LogP contribution in [0.3, 0.4) is 0 Å². The van der Waals surface area contributed by atoms with E-state index in [1.807, 2.05) is 12.7 Å². The van der Waals surface area contributed by atoms with Gasteiger partial charge in [-0.3, -0.25) is 0 Å². The van der Waals surface area contributed by atoms with Crippen LogP contribution in [0.25, 0.3) is 9.75 Å². The second-order valence-electron chi connectivity index (χ2n) is 10.8. The molecule has 0 amide bonds. The molecule has 31 heavy (non-hydrogen) atoms. The van der Waals surface area contributed by atoms with E-state index in [9.17, 15) is 4.57 Å². The summed E-state index contributed by atoms with van der Waals surface area (Å²) in [6.07, 6.45) is 0. The van der Waals surface area contributed by atoms with Gasteiger partial charge in [-0.2, -0.15) is 0 Å². The van der Waals surface area contributed by atoms with Gasteiger partial charge in [-0.1, -0.05) is 13.8 Å². The first-order chi connectivity index (χ1) is 14.0. The molecule has 4 heterocycles. The Hall–Kier alpha value is 0.0699. The molecule has 2 aromatic heterocycles. The highest BCUT2D eigenvalue weighted by atomic mass is 32.1. The van der Waals surface area contributed by atoms with Gasteiger partial charge in [-0.05, 0) is 60.3 Å². The molecule has 2 atom stereocenters. The van der Waals surface area contributed by atoms with Crippen LogP contribution in [0, 0.1) is 0 Å². The lowest BCUT2D eigenvalue weighted by atomic mass is 9.88. The van der Waals surface area contributed by atoms with Gasteiger partial charge in [0, 0.05) is 25.3 Å². The van der Waals surface area contributed by atoms with E-state index in [0.29, 0.717) is 7.48 Å². The molecule has 2 aliphatic rings. The molecule has 10 heteroatoms. The van der Waals surface area contributed by atoms with E-state index in [1.165, 1.54) is 0 Å². The quantitative estimate of drug-likeness (QED) is 0.470. The Morgan fingerprint density at radius 2 is 1.55 bits per heavy atom. The number of hydrogen-bond acceptors (Lipinski definition) is 6. The van der Waals surface area contributed by atoms with Crippen molar-refractivity contribution in [2.24, 2.45) is 0 Å². The minimum absolute atomic E-state index is 0.0499. The molecule has 1 fully saturated rings. The molecule has 0 N–H and O–H groups in total. The summed E-state index contributed by atoms with van der Waals surface area (Å²) in [6, 6.07) is 4.14. The van der Waals surface area contributed by atoms with Crippen molar-refractivity contribution in [3.05, 3.63) is 12.1 Å². The molecule has 0 spiro atoms. The van der Waals surface area contributed by atoms with Crippen LogP contribution >= 0.6 is 39.1 Å². The Kier molecular flexibility index (Phi) is 5.69. The zero-order valence-corrected chi connectivity index (χ0v) is 23.6. The summed E-state index contributed by atoms with van der Waals surface area (Å²) in [5, 5.41) is 1.87. The van der Waals surface area contributed by atoms with Gasteiger partial charge < -0.3 is 18.5 Å². The molecular weight excluding hydrogens is 464 g/mol. The van der Waals surface area contributed by atoms with Gasteiger partial charge in [0.2, 0.25) is 0 Å². The van der Waals surface area contributed by atoms with Crippen LogP contribution in [-0.4, -0.2) is 43.2 Å². The smallest absolute Gasteiger partial charge is 0.428 e. The molecule has 2 unspecified atom stereocenters. The largest absolute Gasteiger partial charge is 0.505 e. The average molecular weight is 496 g/mol. The first-order valence-corrected chi connectivity index (χ1v) is 15.0. The second kappa shape index (κ2) is 7.28. The van der Waals surface area contributed by atoms with Crippen molar-refractivity contribution in [2.45, 2.75) is 77.3 Å². The van der Waals surface area contributed by atoms with E-state index >= 15 is 0 Å². The highest BCUT2D eigenvalue weighted by Gasteiger charge is 2.53. The van der Waals surface area contributed by atoms with E-state index in [0.717, 1.165) is 29.9 Å². The second-order valence-corrected chi connectivity index (χ2v) is 17.3. The predicted octanol–water partition coefficient (Wildman–Crippen LogP) is 3.46. The highest BCUT2D eigenvalue weighted by molar-refractivity contribution is 7.80. The van der Waals surface area contributed by atoms with Crippen molar-refractivity contribution >= 4 is 73.8 Å². The first kappa shape index (κ1) is 24.2. The van der Waals surface area contributed by atoms with Crippen molar-refractivity contribution in [3.63, 3.8) is 0 Å². The fraction of sp³-hybridized carbons (Fsp3) is 0.619. The maximum Gasteiger partial charge on any atom is 0.505 e. The highest BCUT2D eigenvalue weighted by Crippen LogP contribution is 2.53. The summed E-state index contributed by atoms with van der Waals surface area (Å²) >= 11 is 3.35. The average Bonchev–Trinajstić information content (AvgIpc) is 3.29. The molecule has 4 rings (SSSR count). The Labute approximate surface area is 197 Å². The van der Waals surface area contributed by atoms with E-state index in [1.54, 1.807) is 22.7 Å². The number of rotatable bonds is 5. The van der Waals surface area contributed by atoms with Gasteiger partial charge in [0.25, 0.3) is 0 Å². The molecule has 168 valence electrons. The Bertz CT molecular complexity index is 1070. The standard InChI is InChI=1S/C21H32B2O4P2S2/c1-18(2)19(3,4)27-23(26-18)15-11-13-17(31-15)16-12(29(13,9)24)10-14(30-16)22-25-20(5,6)21(7,8)28/h10-11,22H,28H2,1-9H3. The molecule has 2 aliphatic heterocycles. The topological polar surface area (TPSA) is 44.8 Å². The maximum atomic E-state index is 13.8. The van der Waals surface area contributed by atoms with E-state index in [-0.39, 0.29) is 10.8 Å². The minimum atomic E-state index is -2.63. The third-order valence-corrected chi connectivity index (χ3v) is 13.2. The van der Waals surface area contributed by atoms with Crippen molar-refractivity contribution in [1.29, 1.82) is 0 Å². The number of fused-ring (bicyclic) bond motifs is 3. The van der Waals surface area contributed by atoms with E-state index < -0.39 is 25.5 Å². The molecule has 0 aliphatic carbocycles. The Balaban J connectivity index is 1.62. The summed E-state index contributed by atoms with van der Waals surface area (Å²) in [5.74, 6) is 0. The zero-order valence-electron chi connectivity index (χ0n) is 19.9. The van der Waals surface area contributed by atoms with Crippen molar-refractivity contribution < 1.29 is 18.5 Å². The normalized spacial score (nSPS) is 24.4. The Morgan fingerprint density at radius 1 is 1.03 bits per heavy atom. The van der Waals surface area contributed by atoms with Crippen molar-refractivity contribution in [3.8, 4) is 9.75 Å². The van der Waals surface area contributed by atoms with E-state index in [2.05, 4.69) is 70.7 Å². The summed E-state index contributed by atoms with van der Waals surface area (Å²) in [5.41, 5.74) is -1.07. The van der Waals surface area contributed by atoms with Crippen molar-refractivity contribution in [2.75, 3.05) is 6.66 Å². The summed E-state index contributed by atoms with van der Waals surface area (Å²) in [7, 11) is 0.339. The minimum Gasteiger partial charge on any atom is -0.428 e. The third-order valence-electron chi connectivity index (χ3n) is 7.23. The van der Waals surface area contributed by atoms with Gasteiger partial charge in [0.1, 0.15) is 7.14 Å². The summed E-state index contributed by atoms with van der Waals surface area (Å²) < 4.78 is 34.7.